The molecule has 0 aliphatic carbocycles. The minimum absolute atomic E-state index is 0.0985. The van der Waals surface area contributed by atoms with Gasteiger partial charge in [0.25, 0.3) is 0 Å². The third kappa shape index (κ3) is 4.71. The second-order valence-electron chi connectivity index (χ2n) is 7.46. The number of para-hydroxylation sites is 1. The van der Waals surface area contributed by atoms with Gasteiger partial charge in [-0.2, -0.15) is 0 Å². The van der Waals surface area contributed by atoms with Gasteiger partial charge in [0.2, 0.25) is 5.91 Å². The lowest BCUT2D eigenvalue weighted by atomic mass is 10.2. The van der Waals surface area contributed by atoms with E-state index in [0.717, 1.165) is 16.7 Å². The fourth-order valence-corrected chi connectivity index (χ4v) is 3.38. The van der Waals surface area contributed by atoms with E-state index in [4.69, 9.17) is 9.40 Å². The molecule has 4 rings (SSSR count). The Morgan fingerprint density at radius 2 is 1.84 bits per heavy atom. The molecule has 158 valence electrons. The van der Waals surface area contributed by atoms with Gasteiger partial charge < -0.3 is 14.6 Å². The van der Waals surface area contributed by atoms with Gasteiger partial charge in [-0.1, -0.05) is 12.1 Å². The van der Waals surface area contributed by atoms with Crippen molar-refractivity contribution < 1.29 is 13.6 Å². The Bertz CT molecular complexity index is 1170. The number of amides is 1. The third-order valence-corrected chi connectivity index (χ3v) is 4.93. The summed E-state index contributed by atoms with van der Waals surface area (Å²) in [6.07, 6.45) is 1.84. The van der Waals surface area contributed by atoms with Crippen LogP contribution in [0.2, 0.25) is 0 Å². The average Bonchev–Trinajstić information content (AvgIpc) is 3.30. The lowest BCUT2D eigenvalue weighted by Crippen LogP contribution is -2.34. The number of benzene rings is 2. The Morgan fingerprint density at radius 3 is 2.55 bits per heavy atom. The fraction of sp³-hybridized carbons (Fsp3) is 0.208. The summed E-state index contributed by atoms with van der Waals surface area (Å²) in [4.78, 5) is 24.0. The largest absolute Gasteiger partial charge is 0.461 e. The lowest BCUT2D eigenvalue weighted by Gasteiger charge is -2.29. The van der Waals surface area contributed by atoms with Crippen molar-refractivity contribution in [1.82, 2.24) is 9.97 Å². The van der Waals surface area contributed by atoms with Crippen molar-refractivity contribution >= 4 is 28.3 Å². The van der Waals surface area contributed by atoms with Gasteiger partial charge in [0, 0.05) is 30.1 Å². The van der Waals surface area contributed by atoms with Crippen LogP contribution in [0.5, 0.6) is 0 Å². The summed E-state index contributed by atoms with van der Waals surface area (Å²) in [5, 5.41) is 3.71. The number of fused-ring (bicyclic) bond motifs is 1. The first kappa shape index (κ1) is 20.5. The zero-order chi connectivity index (χ0) is 21.8. The van der Waals surface area contributed by atoms with Crippen LogP contribution in [0.3, 0.4) is 0 Å². The Balaban J connectivity index is 1.60. The van der Waals surface area contributed by atoms with Crippen molar-refractivity contribution in [2.24, 2.45) is 0 Å². The highest BCUT2D eigenvalue weighted by Crippen LogP contribution is 2.29. The number of anilines is 2. The molecule has 7 heteroatoms. The molecular weight excluding hydrogens is 395 g/mol. The van der Waals surface area contributed by atoms with Crippen LogP contribution < -0.4 is 10.2 Å². The number of furan rings is 1. The molecule has 1 N–H and O–H groups in total. The molecule has 1 amide bonds. The van der Waals surface area contributed by atoms with Crippen molar-refractivity contribution in [3.63, 3.8) is 0 Å². The molecular formula is C24H23FN4O2. The van der Waals surface area contributed by atoms with Crippen molar-refractivity contribution in [3.05, 3.63) is 72.7 Å². The molecule has 31 heavy (non-hydrogen) atoms. The van der Waals surface area contributed by atoms with E-state index in [2.05, 4.69) is 29.0 Å². The number of carbonyl (C=O) groups excluding carboxylic acids is 1. The topological polar surface area (TPSA) is 71.3 Å². The molecule has 0 bridgehead atoms. The van der Waals surface area contributed by atoms with Crippen LogP contribution >= 0.6 is 0 Å². The number of nitrogens with one attached hydrogen (secondary N) is 1. The molecule has 2 aromatic carbocycles. The van der Waals surface area contributed by atoms with E-state index < -0.39 is 0 Å². The molecule has 6 nitrogen and oxygen atoms in total. The first-order valence-electron chi connectivity index (χ1n) is 10.1. The summed E-state index contributed by atoms with van der Waals surface area (Å²) >= 11 is 0. The normalized spacial score (nSPS) is 11.1. The molecule has 0 unspecified atom stereocenters. The smallest absolute Gasteiger partial charge is 0.226 e. The quantitative estimate of drug-likeness (QED) is 0.443. The first-order valence-corrected chi connectivity index (χ1v) is 10.1. The summed E-state index contributed by atoms with van der Waals surface area (Å²) in [5.74, 6) is 1.35. The minimum Gasteiger partial charge on any atom is -0.461 e. The van der Waals surface area contributed by atoms with Crippen LogP contribution in [0.25, 0.3) is 22.5 Å². The molecule has 0 atom stereocenters. The van der Waals surface area contributed by atoms with Crippen molar-refractivity contribution in [2.75, 3.05) is 16.8 Å². The Morgan fingerprint density at radius 1 is 1.06 bits per heavy atom. The summed E-state index contributed by atoms with van der Waals surface area (Å²) in [5.41, 5.74) is 1.37. The van der Waals surface area contributed by atoms with Gasteiger partial charge >= 0.3 is 0 Å². The summed E-state index contributed by atoms with van der Waals surface area (Å²) in [6, 6.07) is 17.2. The molecule has 0 aliphatic heterocycles. The molecule has 0 saturated heterocycles. The summed E-state index contributed by atoms with van der Waals surface area (Å²) in [7, 11) is 0. The zero-order valence-corrected chi connectivity index (χ0v) is 17.4. The molecule has 0 spiro atoms. The van der Waals surface area contributed by atoms with Gasteiger partial charge in [-0.3, -0.25) is 4.79 Å². The third-order valence-electron chi connectivity index (χ3n) is 4.93. The number of aromatic nitrogens is 2. The van der Waals surface area contributed by atoms with Gasteiger partial charge in [-0.05, 0) is 62.4 Å². The standard InChI is InChI=1S/C24H23FN4O2/c1-16(2)29(14-13-22(30)26-18-11-9-17(25)10-12-18)24-19-6-3-4-7-20(19)27-23(28-24)21-8-5-15-31-21/h3-12,15-16H,13-14H2,1-2H3,(H,26,30). The maximum Gasteiger partial charge on any atom is 0.226 e. The van der Waals surface area contributed by atoms with E-state index in [1.165, 1.54) is 12.1 Å². The first-order chi connectivity index (χ1) is 15.0. The summed E-state index contributed by atoms with van der Waals surface area (Å²) in [6.45, 7) is 4.58. The molecule has 0 aliphatic rings. The van der Waals surface area contributed by atoms with Crippen LogP contribution in [0.1, 0.15) is 20.3 Å². The monoisotopic (exact) mass is 418 g/mol. The molecule has 4 aromatic rings. The molecule has 0 fully saturated rings. The number of hydrogen-bond acceptors (Lipinski definition) is 5. The predicted molar refractivity (Wildman–Crippen MR) is 119 cm³/mol. The van der Waals surface area contributed by atoms with Gasteiger partial charge in [0.05, 0.1) is 11.8 Å². The van der Waals surface area contributed by atoms with Gasteiger partial charge in [-0.25, -0.2) is 14.4 Å². The highest BCUT2D eigenvalue weighted by molar-refractivity contribution is 5.93. The van der Waals surface area contributed by atoms with Gasteiger partial charge in [-0.15, -0.1) is 0 Å². The second kappa shape index (κ2) is 8.95. The highest BCUT2D eigenvalue weighted by atomic mass is 19.1. The highest BCUT2D eigenvalue weighted by Gasteiger charge is 2.19. The van der Waals surface area contributed by atoms with Gasteiger partial charge in [0.1, 0.15) is 11.6 Å². The van der Waals surface area contributed by atoms with E-state index in [0.29, 0.717) is 23.8 Å². The fourth-order valence-electron chi connectivity index (χ4n) is 3.38. The number of rotatable bonds is 7. The average molecular weight is 418 g/mol. The van der Waals surface area contributed by atoms with Crippen molar-refractivity contribution in [1.29, 1.82) is 0 Å². The van der Waals surface area contributed by atoms with Crippen LogP contribution in [0.15, 0.2) is 71.3 Å². The molecule has 2 aromatic heterocycles. The maximum atomic E-state index is 13.1. The van der Waals surface area contributed by atoms with Crippen LogP contribution in [-0.2, 0) is 4.79 Å². The maximum absolute atomic E-state index is 13.1. The zero-order valence-electron chi connectivity index (χ0n) is 17.4. The molecule has 0 saturated carbocycles. The van der Waals surface area contributed by atoms with Crippen LogP contribution in [0.4, 0.5) is 15.9 Å². The number of nitrogens with zero attached hydrogens (tertiary/aromatic N) is 3. The minimum atomic E-state index is -0.341. The van der Waals surface area contributed by atoms with Crippen molar-refractivity contribution in [2.45, 2.75) is 26.3 Å². The SMILES string of the molecule is CC(C)N(CCC(=O)Nc1ccc(F)cc1)c1nc(-c2ccco2)nc2ccccc12. The van der Waals surface area contributed by atoms with Crippen LogP contribution in [0, 0.1) is 5.82 Å². The van der Waals surface area contributed by atoms with Gasteiger partial charge in [0.15, 0.2) is 11.6 Å². The van der Waals surface area contributed by atoms with Crippen LogP contribution in [-0.4, -0.2) is 28.5 Å². The number of carbonyl (C=O) groups is 1. The van der Waals surface area contributed by atoms with Crippen molar-refractivity contribution in [3.8, 4) is 11.6 Å². The Labute approximate surface area is 179 Å². The van der Waals surface area contributed by atoms with E-state index >= 15 is 0 Å². The number of halogens is 1. The Hall–Kier alpha value is -3.74. The molecule has 0 radical (unpaired) electrons. The Kier molecular flexibility index (Phi) is 5.93. The summed E-state index contributed by atoms with van der Waals surface area (Å²) < 4.78 is 18.6. The second-order valence-corrected chi connectivity index (χ2v) is 7.46. The van der Waals surface area contributed by atoms with E-state index in [1.54, 1.807) is 24.5 Å². The lowest BCUT2D eigenvalue weighted by molar-refractivity contribution is -0.116. The van der Waals surface area contributed by atoms with E-state index in [9.17, 15) is 9.18 Å². The van der Waals surface area contributed by atoms with E-state index in [1.807, 2.05) is 30.3 Å². The predicted octanol–water partition coefficient (Wildman–Crippen LogP) is 5.27. The van der Waals surface area contributed by atoms with E-state index in [-0.39, 0.29) is 24.2 Å². The number of hydrogen-bond donors (Lipinski definition) is 1. The molecule has 2 heterocycles.